The van der Waals surface area contributed by atoms with Gasteiger partial charge in [0.25, 0.3) is 23.6 Å². The molecule has 0 radical (unpaired) electrons. The van der Waals surface area contributed by atoms with Gasteiger partial charge in [0.15, 0.2) is 0 Å². The molecule has 5 aromatic rings. The van der Waals surface area contributed by atoms with Crippen molar-refractivity contribution in [1.82, 2.24) is 31.1 Å². The number of alkyl halides is 1. The lowest BCUT2D eigenvalue weighted by Gasteiger charge is -2.27. The first-order valence-corrected chi connectivity index (χ1v) is 40.3. The number of carboxylic acids is 2. The average molecular weight is 1830 g/mol. The second-order valence-electron chi connectivity index (χ2n) is 28.5. The highest BCUT2D eigenvalue weighted by Crippen LogP contribution is 2.36. The van der Waals surface area contributed by atoms with E-state index in [1.807, 2.05) is 30.9 Å². The summed E-state index contributed by atoms with van der Waals surface area (Å²) in [5.74, 6) is 3.48. The number of ether oxygens (including phenoxy) is 5. The Hall–Kier alpha value is -13.5. The Morgan fingerprint density at radius 1 is 0.429 bits per heavy atom. The summed E-state index contributed by atoms with van der Waals surface area (Å²) in [6, 6.07) is 14.9. The van der Waals surface area contributed by atoms with Crippen molar-refractivity contribution in [3.63, 3.8) is 0 Å². The number of unbranched alkanes of at least 4 members (excludes halogenated alkanes) is 2. The zero-order valence-electron chi connectivity index (χ0n) is 69.4. The van der Waals surface area contributed by atoms with Crippen LogP contribution in [0, 0.1) is 61.2 Å². The van der Waals surface area contributed by atoms with Crippen molar-refractivity contribution >= 4 is 148 Å². The van der Waals surface area contributed by atoms with Crippen molar-refractivity contribution in [2.24, 2.45) is 5.73 Å². The fraction of sp³-hybridized carbons (Fsp3) is 0.363. The molecule has 3 saturated heterocycles. The molecule has 3 unspecified atom stereocenters. The summed E-state index contributed by atoms with van der Waals surface area (Å²) in [5, 5.41) is 28.1. The lowest BCUT2D eigenvalue weighted by molar-refractivity contribution is -0.137. The number of cyclic esters (lactones) is 2. The SMILES string of the molecule is C#CCBr.C#CCC.C#CCCCC#C.COC(=O)C#CC(=O)OC.COC(=O)c1cc2c(cc1C(=O)OC)CCC2.Cl.Cl.NC1CCC(=O)NC1=O.O=C(O)c1cc2c(cc1C(=O)O)CCC2.O=C1CCC(N2C(=O)c3cc4c(cc3C2=O)CCC4)C(=O)N1.O=C1CCC(N2C(=O)c3cc4c(cc3C2=O)CNC4)C(=O)N1.O=C1OC(=O)c2cc3c(cc21)CCC3. The molecule has 10 amide bonds. The van der Waals surface area contributed by atoms with Gasteiger partial charge in [0.2, 0.25) is 35.4 Å². The van der Waals surface area contributed by atoms with E-state index in [9.17, 15) is 86.3 Å². The molecule has 662 valence electrons. The van der Waals surface area contributed by atoms with Gasteiger partial charge in [-0.05, 0) is 219 Å². The fourth-order valence-electron chi connectivity index (χ4n) is 14.3. The molecule has 5 aromatic carbocycles. The van der Waals surface area contributed by atoms with Gasteiger partial charge in [0, 0.05) is 63.5 Å². The van der Waals surface area contributed by atoms with E-state index in [1.54, 1.807) is 36.4 Å². The number of hydrogen-bond donors (Lipinski definition) is 7. The largest absolute Gasteiger partial charge is 0.478 e. The maximum absolute atomic E-state index is 12.6. The molecule has 3 fully saturated rings. The number of nitrogens with one attached hydrogen (secondary N) is 4. The summed E-state index contributed by atoms with van der Waals surface area (Å²) in [4.78, 5) is 207. The van der Waals surface area contributed by atoms with E-state index >= 15 is 0 Å². The number of terminal acetylenes is 4. The molecular weight excluding hydrogens is 1740 g/mol. The fourth-order valence-corrected chi connectivity index (χ4v) is 14.3. The van der Waals surface area contributed by atoms with Crippen LogP contribution in [0.25, 0.3) is 0 Å². The molecule has 0 saturated carbocycles. The van der Waals surface area contributed by atoms with Crippen molar-refractivity contribution in [2.45, 2.75) is 179 Å². The highest BCUT2D eigenvalue weighted by atomic mass is 79.9. The predicted molar refractivity (Wildman–Crippen MR) is 460 cm³/mol. The van der Waals surface area contributed by atoms with Gasteiger partial charge in [0.1, 0.15) is 12.1 Å². The Balaban J connectivity index is 0.000000257. The van der Waals surface area contributed by atoms with Crippen LogP contribution in [0.2, 0.25) is 0 Å². The van der Waals surface area contributed by atoms with Gasteiger partial charge in [-0.1, -0.05) is 28.8 Å². The number of nitrogens with zero attached hydrogens (tertiary/aromatic N) is 2. The van der Waals surface area contributed by atoms with Crippen molar-refractivity contribution in [3.8, 4) is 61.2 Å². The number of fused-ring (bicyclic) bond motifs is 8. The second-order valence-corrected chi connectivity index (χ2v) is 29.0. The minimum Gasteiger partial charge on any atom is -0.478 e. The molecule has 32 nitrogen and oxygen atoms in total. The number of rotatable bonds is 8. The Morgan fingerprint density at radius 2 is 0.714 bits per heavy atom. The van der Waals surface area contributed by atoms with Crippen LogP contribution >= 0.6 is 40.7 Å². The van der Waals surface area contributed by atoms with Gasteiger partial charge < -0.3 is 44.9 Å². The molecule has 8 N–H and O–H groups in total. The Kier molecular flexibility index (Phi) is 40.7. The summed E-state index contributed by atoms with van der Waals surface area (Å²) in [7, 11) is 4.95. The first kappa shape index (κ1) is 103. The van der Waals surface area contributed by atoms with E-state index in [0.29, 0.717) is 75.8 Å². The Morgan fingerprint density at radius 3 is 0.976 bits per heavy atom. The highest BCUT2D eigenvalue weighted by Gasteiger charge is 2.47. The number of imide groups is 5. The summed E-state index contributed by atoms with van der Waals surface area (Å²) >= 11 is 3.01. The van der Waals surface area contributed by atoms with Crippen LogP contribution in [0.15, 0.2) is 60.7 Å². The molecule has 7 heterocycles. The van der Waals surface area contributed by atoms with Crippen LogP contribution in [0.4, 0.5) is 0 Å². The van der Waals surface area contributed by atoms with Gasteiger partial charge in [-0.2, -0.15) is 0 Å². The number of hydrogen-bond acceptors (Lipinski definition) is 25. The predicted octanol–water partition coefficient (Wildman–Crippen LogP) is 7.47. The number of aromatic carboxylic acids is 2. The van der Waals surface area contributed by atoms with E-state index in [0.717, 1.165) is 157 Å². The zero-order valence-corrected chi connectivity index (χ0v) is 72.7. The molecule has 0 aromatic heterocycles. The number of piperidine rings is 3. The summed E-state index contributed by atoms with van der Waals surface area (Å²) in [6.07, 6.45) is 35.9. The van der Waals surface area contributed by atoms with Gasteiger partial charge >= 0.3 is 47.8 Å². The van der Waals surface area contributed by atoms with Crippen molar-refractivity contribution in [3.05, 3.63) is 172 Å². The third-order valence-electron chi connectivity index (χ3n) is 20.5. The standard InChI is InChI=1S/C16H14N2O4.C15H13N3O4.C13H14O4.C11H10O4.C11H8O3.C7H8.C6H6O4.C5H8N2O2.C4H6.C3H3Br.2ClH/c19-13-5-4-12(14(20)17-13)18-15(21)10-6-8-2-1-3-9(8)7-11(10)16(18)22;19-12-2-1-11(13(20)17-12)18-14(21)9-3-7-5-16-6-8(7)4-10(9)15(18)22;1-16-12(14)10-6-8-4-3-5-9(8)7-11(10)13(15)17-2;12-10(13)8-4-6-2-1-3-7(6)5-9(8)11(14)15;12-10-8-4-6-2-1-3-7(6)5-9(8)11(13)14-10;1-3-5-7-6-4-2;1-9-5(7)3-4-6(8)10-2;6-3-1-2-4(8)7-5(3)9;1-3-4-2;1-2-3-4;;/h6-7,12H,1-5H2,(H,17,19,20);3-4,11,16H,1-2,5-6H2,(H,17,19,20);6-7H,3-5H2,1-2H3;4-5H,1-3H2,(H,12,13)(H,14,15);4-5H,1-3H2;1-2H,5-7H2;1-2H3;3H,1-2,6H2,(H,7,8,9);1H,4H2,2H3;1H,3H2;2*1H. The van der Waals surface area contributed by atoms with Crippen LogP contribution in [0.1, 0.15) is 256 Å². The third-order valence-corrected chi connectivity index (χ3v) is 20.8. The third kappa shape index (κ3) is 26.8. The van der Waals surface area contributed by atoms with E-state index < -0.39 is 101 Å². The number of carbonyl (C=O) groups excluding carboxylic acids is 16. The van der Waals surface area contributed by atoms with Gasteiger partial charge in [-0.3, -0.25) is 73.7 Å². The molecule has 11 aliphatic rings. The molecule has 4 aliphatic carbocycles. The first-order valence-electron chi connectivity index (χ1n) is 39.2. The van der Waals surface area contributed by atoms with Gasteiger partial charge in [0.05, 0.1) is 95.4 Å². The van der Waals surface area contributed by atoms with E-state index in [1.165, 1.54) is 51.7 Å². The maximum atomic E-state index is 12.6. The van der Waals surface area contributed by atoms with Crippen LogP contribution in [0.5, 0.6) is 0 Å². The molecule has 126 heavy (non-hydrogen) atoms. The topological polar surface area (TPSA) is 474 Å². The lowest BCUT2D eigenvalue weighted by atomic mass is 10.00. The number of carbonyl (C=O) groups is 18. The normalized spacial score (nSPS) is 16.9. The van der Waals surface area contributed by atoms with E-state index in [4.69, 9.17) is 41.6 Å². The van der Waals surface area contributed by atoms with Crippen molar-refractivity contribution in [1.29, 1.82) is 0 Å². The Labute approximate surface area is 746 Å². The molecule has 0 bridgehead atoms. The minimum absolute atomic E-state index is 0. The lowest BCUT2D eigenvalue weighted by Crippen LogP contribution is -2.54. The Bertz CT molecular complexity index is 5040. The molecular formula is C91H92BrCl2N7O25. The quantitative estimate of drug-likeness (QED) is 0.0116. The number of benzene rings is 5. The number of aryl methyl sites for hydroxylation is 8. The maximum Gasteiger partial charge on any atom is 0.384 e. The monoisotopic (exact) mass is 1830 g/mol. The van der Waals surface area contributed by atoms with Crippen LogP contribution < -0.4 is 27.0 Å². The molecule has 3 atom stereocenters. The smallest absolute Gasteiger partial charge is 0.384 e. The molecule has 7 aliphatic heterocycles. The number of carboxylic acid groups (broad SMARTS) is 2. The number of halogens is 3. The van der Waals surface area contributed by atoms with Crippen molar-refractivity contribution < 1.29 is 120 Å². The number of esters is 6. The van der Waals surface area contributed by atoms with Crippen LogP contribution in [-0.4, -0.2) is 179 Å². The summed E-state index contributed by atoms with van der Waals surface area (Å²) in [5.41, 5.74) is 18.8. The van der Waals surface area contributed by atoms with Crippen molar-refractivity contribution in [2.75, 3.05) is 33.8 Å². The summed E-state index contributed by atoms with van der Waals surface area (Å²) in [6.45, 7) is 3.28. The minimum atomic E-state index is -1.18. The second kappa shape index (κ2) is 49.7. The van der Waals surface area contributed by atoms with Gasteiger partial charge in [-0.15, -0.1) is 68.3 Å². The van der Waals surface area contributed by atoms with Crippen LogP contribution in [0.3, 0.4) is 0 Å². The first-order chi connectivity index (χ1) is 59.3. The average Bonchev–Trinajstić information content (AvgIpc) is 1.59. The van der Waals surface area contributed by atoms with Crippen LogP contribution in [-0.2, 0) is 126 Å². The molecule has 35 heteroatoms. The highest BCUT2D eigenvalue weighted by molar-refractivity contribution is 9.09. The number of amides is 10. The van der Waals surface area contributed by atoms with E-state index in [-0.39, 0.29) is 85.3 Å². The molecule has 16 rings (SSSR count). The zero-order chi connectivity index (χ0) is 91.2. The number of nitrogens with two attached hydrogens (primary N) is 1. The van der Waals surface area contributed by atoms with E-state index in [2.05, 4.69) is 84.6 Å². The number of methoxy groups -OCH3 is 4. The van der Waals surface area contributed by atoms with Gasteiger partial charge in [-0.25, -0.2) is 38.4 Å². The molecule has 0 spiro atoms. The summed E-state index contributed by atoms with van der Waals surface area (Å²) < 4.78 is 22.2.